The zero-order chi connectivity index (χ0) is 9.22. The summed E-state index contributed by atoms with van der Waals surface area (Å²) in [5.41, 5.74) is -0.513. The van der Waals surface area contributed by atoms with Crippen LogP contribution < -0.4 is 0 Å². The van der Waals surface area contributed by atoms with E-state index in [1.165, 1.54) is 0 Å². The Kier molecular flexibility index (Phi) is 1.14. The summed E-state index contributed by atoms with van der Waals surface area (Å²) in [5, 5.41) is 9.50. The summed E-state index contributed by atoms with van der Waals surface area (Å²) in [6.07, 6.45) is 2.59. The van der Waals surface area contributed by atoms with Crippen LogP contribution in [-0.2, 0) is 14.3 Å². The number of ether oxygens (including phenoxy) is 2. The van der Waals surface area contributed by atoms with Crippen LogP contribution in [0.4, 0.5) is 0 Å². The van der Waals surface area contributed by atoms with Crippen molar-refractivity contribution in [2.24, 2.45) is 11.8 Å². The Balaban J connectivity index is 2.08. The zero-order valence-electron chi connectivity index (χ0n) is 7.14. The minimum atomic E-state index is -1.00. The molecule has 5 atom stereocenters. The second kappa shape index (κ2) is 1.96. The summed E-state index contributed by atoms with van der Waals surface area (Å²) in [6.45, 7) is 1.87. The van der Waals surface area contributed by atoms with E-state index in [2.05, 4.69) is 0 Å². The summed E-state index contributed by atoms with van der Waals surface area (Å²) >= 11 is 0. The molecule has 0 radical (unpaired) electrons. The van der Waals surface area contributed by atoms with Gasteiger partial charge in [0, 0.05) is 0 Å². The van der Waals surface area contributed by atoms with E-state index < -0.39 is 11.9 Å². The second-order valence-electron chi connectivity index (χ2n) is 4.00. The van der Waals surface area contributed by atoms with E-state index in [0.29, 0.717) is 0 Å². The van der Waals surface area contributed by atoms with Gasteiger partial charge in [-0.2, -0.15) is 0 Å². The molecule has 2 bridgehead atoms. The number of aliphatic hydroxyl groups is 1. The number of hydrogen-bond acceptors (Lipinski definition) is 4. The first-order chi connectivity index (χ1) is 6.12. The quantitative estimate of drug-likeness (QED) is 0.417. The number of hydrogen-bond donors (Lipinski definition) is 1. The molecule has 3 aliphatic rings. The van der Waals surface area contributed by atoms with Crippen molar-refractivity contribution in [1.29, 1.82) is 0 Å². The van der Waals surface area contributed by atoms with Gasteiger partial charge in [-0.1, -0.05) is 12.2 Å². The lowest BCUT2D eigenvalue weighted by atomic mass is 9.77. The van der Waals surface area contributed by atoms with Gasteiger partial charge in [-0.25, -0.2) is 0 Å². The third-order valence-electron chi connectivity index (χ3n) is 3.23. The molecule has 3 heterocycles. The average molecular weight is 182 g/mol. The molecular weight excluding hydrogens is 172 g/mol. The molecule has 13 heavy (non-hydrogen) atoms. The van der Waals surface area contributed by atoms with Crippen LogP contribution in [0.5, 0.6) is 0 Å². The number of fused-ring (bicyclic) bond motifs is 5. The molecule has 0 aromatic carbocycles. The maximum absolute atomic E-state index is 11.3. The van der Waals surface area contributed by atoms with Crippen molar-refractivity contribution in [3.05, 3.63) is 12.2 Å². The van der Waals surface area contributed by atoms with Crippen molar-refractivity contribution in [2.45, 2.75) is 24.9 Å². The predicted octanol–water partition coefficient (Wildman–Crippen LogP) is -0.179. The third-order valence-corrected chi connectivity index (χ3v) is 3.23. The topological polar surface area (TPSA) is 55.8 Å². The normalized spacial score (nSPS) is 56.9. The van der Waals surface area contributed by atoms with Crippen LogP contribution in [0, 0.1) is 11.8 Å². The lowest BCUT2D eigenvalue weighted by Crippen LogP contribution is -2.37. The number of cyclic esters (lactones) is 1. The van der Waals surface area contributed by atoms with Gasteiger partial charge >= 0.3 is 5.97 Å². The average Bonchev–Trinajstić information content (AvgIpc) is 2.62. The van der Waals surface area contributed by atoms with Crippen molar-refractivity contribution in [3.8, 4) is 0 Å². The Bertz CT molecular complexity index is 311. The molecule has 0 saturated carbocycles. The lowest BCUT2D eigenvalue weighted by Gasteiger charge is -2.25. The van der Waals surface area contributed by atoms with Crippen molar-refractivity contribution >= 4 is 5.97 Å². The molecule has 0 amide bonds. The highest BCUT2D eigenvalue weighted by Crippen LogP contribution is 2.51. The van der Waals surface area contributed by atoms with Gasteiger partial charge in [-0.15, -0.1) is 0 Å². The minimum absolute atomic E-state index is 0.195. The molecule has 0 aromatic rings. The molecule has 70 valence electrons. The fraction of sp³-hybridized carbons (Fsp3) is 0.667. The number of carbonyl (C=O) groups is 1. The van der Waals surface area contributed by atoms with Gasteiger partial charge in [-0.05, 0) is 6.92 Å². The molecule has 5 unspecified atom stereocenters. The summed E-state index contributed by atoms with van der Waals surface area (Å²) in [4.78, 5) is 11.3. The Morgan fingerprint density at radius 3 is 3.08 bits per heavy atom. The summed E-state index contributed by atoms with van der Waals surface area (Å²) in [6, 6.07) is 0. The van der Waals surface area contributed by atoms with Crippen molar-refractivity contribution in [2.75, 3.05) is 0 Å². The first-order valence-corrected chi connectivity index (χ1v) is 4.37. The van der Waals surface area contributed by atoms with Gasteiger partial charge in [0.15, 0.2) is 0 Å². The van der Waals surface area contributed by atoms with Gasteiger partial charge < -0.3 is 14.6 Å². The predicted molar refractivity (Wildman–Crippen MR) is 41.5 cm³/mol. The van der Waals surface area contributed by atoms with Gasteiger partial charge in [0.1, 0.15) is 0 Å². The highest BCUT2D eigenvalue weighted by atomic mass is 16.7. The highest BCUT2D eigenvalue weighted by molar-refractivity contribution is 5.77. The summed E-state index contributed by atoms with van der Waals surface area (Å²) in [7, 11) is 0. The van der Waals surface area contributed by atoms with Gasteiger partial charge in [0.05, 0.1) is 23.5 Å². The fourth-order valence-corrected chi connectivity index (χ4v) is 2.61. The maximum Gasteiger partial charge on any atom is 0.314 e. The molecule has 3 aliphatic heterocycles. The van der Waals surface area contributed by atoms with Crippen LogP contribution in [0.2, 0.25) is 0 Å². The SMILES string of the molecule is CC12C=CC(O1)C1C(=O)OC(O)C12. The van der Waals surface area contributed by atoms with Crippen molar-refractivity contribution < 1.29 is 19.4 Å². The zero-order valence-corrected chi connectivity index (χ0v) is 7.14. The Morgan fingerprint density at radius 2 is 2.38 bits per heavy atom. The number of rotatable bonds is 0. The summed E-state index contributed by atoms with van der Waals surface area (Å²) in [5.74, 6) is -0.865. The maximum atomic E-state index is 11.3. The smallest absolute Gasteiger partial charge is 0.314 e. The van der Waals surface area contributed by atoms with Crippen LogP contribution in [0.15, 0.2) is 12.2 Å². The molecule has 2 saturated heterocycles. The Labute approximate surface area is 75.1 Å². The van der Waals surface area contributed by atoms with Gasteiger partial charge in [0.25, 0.3) is 0 Å². The molecule has 4 heteroatoms. The van der Waals surface area contributed by atoms with E-state index in [1.54, 1.807) is 0 Å². The van der Waals surface area contributed by atoms with Crippen LogP contribution >= 0.6 is 0 Å². The molecule has 2 fully saturated rings. The van der Waals surface area contributed by atoms with Crippen molar-refractivity contribution in [3.63, 3.8) is 0 Å². The van der Waals surface area contributed by atoms with Crippen LogP contribution in [-0.4, -0.2) is 29.1 Å². The van der Waals surface area contributed by atoms with Crippen LogP contribution in [0.1, 0.15) is 6.92 Å². The second-order valence-corrected chi connectivity index (χ2v) is 4.00. The fourth-order valence-electron chi connectivity index (χ4n) is 2.61. The van der Waals surface area contributed by atoms with E-state index >= 15 is 0 Å². The summed E-state index contributed by atoms with van der Waals surface area (Å²) < 4.78 is 10.4. The molecule has 0 aromatic heterocycles. The number of esters is 1. The van der Waals surface area contributed by atoms with E-state index in [1.807, 2.05) is 19.1 Å². The minimum Gasteiger partial charge on any atom is -0.435 e. The Hall–Kier alpha value is -0.870. The molecule has 4 nitrogen and oxygen atoms in total. The molecule has 1 N–H and O–H groups in total. The van der Waals surface area contributed by atoms with E-state index in [0.717, 1.165) is 0 Å². The van der Waals surface area contributed by atoms with E-state index in [-0.39, 0.29) is 23.9 Å². The van der Waals surface area contributed by atoms with Crippen molar-refractivity contribution in [1.82, 2.24) is 0 Å². The third kappa shape index (κ3) is 0.711. The largest absolute Gasteiger partial charge is 0.435 e. The van der Waals surface area contributed by atoms with Crippen LogP contribution in [0.25, 0.3) is 0 Å². The number of carbonyl (C=O) groups excluding carboxylic acids is 1. The molecular formula is C9H10O4. The van der Waals surface area contributed by atoms with E-state index in [9.17, 15) is 9.90 Å². The first kappa shape index (κ1) is 7.53. The van der Waals surface area contributed by atoms with E-state index in [4.69, 9.17) is 9.47 Å². The molecule has 0 spiro atoms. The monoisotopic (exact) mass is 182 g/mol. The highest BCUT2D eigenvalue weighted by Gasteiger charge is 2.64. The molecule has 3 rings (SSSR count). The van der Waals surface area contributed by atoms with Gasteiger partial charge in [-0.3, -0.25) is 4.79 Å². The Morgan fingerprint density at radius 1 is 1.62 bits per heavy atom. The van der Waals surface area contributed by atoms with Gasteiger partial charge in [0.2, 0.25) is 6.29 Å². The first-order valence-electron chi connectivity index (χ1n) is 4.37. The standard InChI is InChI=1S/C9H10O4/c1-9-3-2-4(13-9)5-6(9)8(11)12-7(5)10/h2-6,8,11H,1H3. The molecule has 0 aliphatic carbocycles. The lowest BCUT2D eigenvalue weighted by molar-refractivity contribution is -0.166. The van der Waals surface area contributed by atoms with Crippen LogP contribution in [0.3, 0.4) is 0 Å². The number of aliphatic hydroxyl groups excluding tert-OH is 1.